The number of anilines is 1. The van der Waals surface area contributed by atoms with E-state index in [1.54, 1.807) is 7.11 Å². The molecule has 0 unspecified atom stereocenters. The summed E-state index contributed by atoms with van der Waals surface area (Å²) in [5, 5.41) is 10.7. The Morgan fingerprint density at radius 1 is 0.957 bits per heavy atom. The minimum Gasteiger partial charge on any atom is -0.496 e. The maximum Gasteiger partial charge on any atom is 0.407 e. The summed E-state index contributed by atoms with van der Waals surface area (Å²) in [6.07, 6.45) is 13.3. The first-order valence-corrected chi connectivity index (χ1v) is 17.7. The van der Waals surface area contributed by atoms with Crippen molar-refractivity contribution in [2.75, 3.05) is 31.6 Å². The van der Waals surface area contributed by atoms with Crippen molar-refractivity contribution in [3.05, 3.63) is 66.0 Å². The van der Waals surface area contributed by atoms with Crippen LogP contribution < -0.4 is 20.3 Å². The quantitative estimate of drug-likeness (QED) is 0.254. The molecule has 1 saturated heterocycles. The molecular formula is C38H49N5O4. The molecule has 3 aromatic rings. The number of aryl methyl sites for hydroxylation is 1. The van der Waals surface area contributed by atoms with Crippen LogP contribution in [-0.4, -0.2) is 60.7 Å². The third-order valence-electron chi connectivity index (χ3n) is 10.9. The molecule has 4 fully saturated rings. The number of methoxy groups -OCH3 is 1. The molecule has 1 aromatic heterocycles. The highest BCUT2D eigenvalue weighted by Crippen LogP contribution is 2.40. The van der Waals surface area contributed by atoms with E-state index in [0.29, 0.717) is 30.7 Å². The average Bonchev–Trinajstić information content (AvgIpc) is 3.81. The number of rotatable bonds is 10. The molecule has 0 spiro atoms. The van der Waals surface area contributed by atoms with E-state index in [2.05, 4.69) is 80.9 Å². The van der Waals surface area contributed by atoms with Crippen molar-refractivity contribution in [3.8, 4) is 16.9 Å². The number of benzene rings is 2. The van der Waals surface area contributed by atoms with Gasteiger partial charge >= 0.3 is 6.09 Å². The number of hydrogen-bond acceptors (Lipinski definition) is 6. The Morgan fingerprint density at radius 2 is 1.74 bits per heavy atom. The van der Waals surface area contributed by atoms with Crippen LogP contribution in [0.5, 0.6) is 5.75 Å². The highest BCUT2D eigenvalue weighted by atomic mass is 16.6. The van der Waals surface area contributed by atoms with Gasteiger partial charge in [0.2, 0.25) is 5.91 Å². The molecule has 2 heterocycles. The van der Waals surface area contributed by atoms with Gasteiger partial charge in [-0.3, -0.25) is 9.48 Å². The molecule has 0 radical (unpaired) electrons. The van der Waals surface area contributed by atoms with Crippen LogP contribution >= 0.6 is 0 Å². The van der Waals surface area contributed by atoms with Crippen molar-refractivity contribution >= 4 is 17.7 Å². The maximum absolute atomic E-state index is 14.4. The lowest BCUT2D eigenvalue weighted by molar-refractivity contribution is -0.124. The summed E-state index contributed by atoms with van der Waals surface area (Å²) in [6.45, 7) is 4.42. The second kappa shape index (κ2) is 14.1. The molecule has 0 bridgehead atoms. The Balaban J connectivity index is 1.03. The molecule has 7 rings (SSSR count). The monoisotopic (exact) mass is 639 g/mol. The van der Waals surface area contributed by atoms with Crippen molar-refractivity contribution in [2.24, 2.45) is 11.8 Å². The first-order chi connectivity index (χ1) is 22.9. The molecule has 0 atom stereocenters. The molecule has 3 saturated carbocycles. The molecule has 9 nitrogen and oxygen atoms in total. The van der Waals surface area contributed by atoms with Gasteiger partial charge in [0.05, 0.1) is 25.4 Å². The van der Waals surface area contributed by atoms with Gasteiger partial charge < -0.3 is 25.0 Å². The fraction of sp³-hybridized carbons (Fsp3) is 0.553. The van der Waals surface area contributed by atoms with E-state index in [9.17, 15) is 9.59 Å². The topological polar surface area (TPSA) is 97.7 Å². The number of carbonyl (C=O) groups is 2. The molecule has 3 aliphatic carbocycles. The highest BCUT2D eigenvalue weighted by molar-refractivity contribution is 5.95. The fourth-order valence-electron chi connectivity index (χ4n) is 7.68. The predicted octanol–water partition coefficient (Wildman–Crippen LogP) is 6.77. The third-order valence-corrected chi connectivity index (χ3v) is 10.9. The molecule has 2 N–H and O–H groups in total. The van der Waals surface area contributed by atoms with Crippen molar-refractivity contribution < 1.29 is 19.1 Å². The van der Waals surface area contributed by atoms with E-state index in [1.165, 1.54) is 24.0 Å². The molecule has 47 heavy (non-hydrogen) atoms. The number of nitrogens with one attached hydrogen (secondary N) is 2. The molecule has 2 aromatic carbocycles. The van der Waals surface area contributed by atoms with Crippen LogP contribution in [-0.2, 0) is 9.53 Å². The van der Waals surface area contributed by atoms with Crippen LogP contribution in [0.15, 0.2) is 54.9 Å². The summed E-state index contributed by atoms with van der Waals surface area (Å²) in [7, 11) is 1.73. The van der Waals surface area contributed by atoms with E-state index in [4.69, 9.17) is 9.47 Å². The van der Waals surface area contributed by atoms with Gasteiger partial charge in [-0.1, -0.05) is 24.3 Å². The Kier molecular flexibility index (Phi) is 9.52. The summed E-state index contributed by atoms with van der Waals surface area (Å²) >= 11 is 0. The largest absolute Gasteiger partial charge is 0.496 e. The molecule has 9 heteroatoms. The van der Waals surface area contributed by atoms with E-state index < -0.39 is 0 Å². The van der Waals surface area contributed by atoms with E-state index in [-0.39, 0.29) is 30.1 Å². The van der Waals surface area contributed by atoms with Crippen molar-refractivity contribution in [3.63, 3.8) is 0 Å². The smallest absolute Gasteiger partial charge is 0.407 e. The van der Waals surface area contributed by atoms with Gasteiger partial charge in [0.15, 0.2) is 0 Å². The Bertz CT molecular complexity index is 1550. The second-order valence-corrected chi connectivity index (χ2v) is 14.3. The van der Waals surface area contributed by atoms with Crippen LogP contribution in [0.3, 0.4) is 0 Å². The van der Waals surface area contributed by atoms with Gasteiger partial charge in [-0.2, -0.15) is 5.10 Å². The fourth-order valence-corrected chi connectivity index (χ4v) is 7.68. The minimum absolute atomic E-state index is 0.0753. The van der Waals surface area contributed by atoms with Crippen molar-refractivity contribution in [1.82, 2.24) is 20.4 Å². The first kappa shape index (κ1) is 31.7. The number of alkyl carbamates (subject to hydrolysis) is 1. The molecular weight excluding hydrogens is 590 g/mol. The summed E-state index contributed by atoms with van der Waals surface area (Å²) < 4.78 is 13.3. The van der Waals surface area contributed by atoms with Gasteiger partial charge in [-0.25, -0.2) is 4.79 Å². The minimum atomic E-state index is -0.338. The van der Waals surface area contributed by atoms with Gasteiger partial charge in [0.1, 0.15) is 11.9 Å². The Labute approximate surface area is 278 Å². The van der Waals surface area contributed by atoms with E-state index in [0.717, 1.165) is 80.7 Å². The van der Waals surface area contributed by atoms with Gasteiger partial charge in [0, 0.05) is 43.0 Å². The zero-order valence-corrected chi connectivity index (χ0v) is 27.8. The summed E-state index contributed by atoms with van der Waals surface area (Å²) in [5.74, 6) is 2.05. The molecule has 4 aliphatic rings. The standard InChI is InChI=1S/C38H49N5O4/c1-25-18-30(12-17-36(25)46-2)27-8-6-26(7-9-27)23-42(34-5-3-4-29(19-34)31-20-40-43(24-31)33-13-14-33)37(44)28-10-15-35(16-11-28)47-38(45)41-32-21-39-22-32/h3-5,12,17-20,24,26-28,32-33,35,39H,6-11,13-16,21-23H2,1-2H3,(H,41,45)/t26-,27-,28-,35-. The summed E-state index contributed by atoms with van der Waals surface area (Å²) in [4.78, 5) is 28.8. The van der Waals surface area contributed by atoms with Gasteiger partial charge in [0.25, 0.3) is 0 Å². The van der Waals surface area contributed by atoms with Crippen molar-refractivity contribution in [2.45, 2.75) is 95.2 Å². The van der Waals surface area contributed by atoms with E-state index in [1.807, 2.05) is 6.20 Å². The van der Waals surface area contributed by atoms with Crippen molar-refractivity contribution in [1.29, 1.82) is 0 Å². The van der Waals surface area contributed by atoms with E-state index >= 15 is 0 Å². The Hall–Kier alpha value is -3.85. The first-order valence-electron chi connectivity index (χ1n) is 17.7. The number of hydrogen-bond donors (Lipinski definition) is 2. The Morgan fingerprint density at radius 3 is 2.43 bits per heavy atom. The second-order valence-electron chi connectivity index (χ2n) is 14.3. The number of aromatic nitrogens is 2. The lowest BCUT2D eigenvalue weighted by atomic mass is 9.78. The summed E-state index contributed by atoms with van der Waals surface area (Å²) in [5.41, 5.74) is 5.73. The lowest BCUT2D eigenvalue weighted by Crippen LogP contribution is -2.57. The lowest BCUT2D eigenvalue weighted by Gasteiger charge is -2.36. The predicted molar refractivity (Wildman–Crippen MR) is 183 cm³/mol. The SMILES string of the molecule is COc1ccc([C@H]2CC[C@H](CN(c3cccc(-c4cnn(C5CC5)c4)c3)C(=O)[C@H]3CC[C@H](OC(=O)NC4CNC4)CC3)CC2)cc1C. The van der Waals surface area contributed by atoms with Crippen LogP contribution in [0.25, 0.3) is 11.1 Å². The van der Waals surface area contributed by atoms with Crippen LogP contribution in [0.2, 0.25) is 0 Å². The maximum atomic E-state index is 14.4. The number of nitrogens with zero attached hydrogens (tertiary/aromatic N) is 3. The highest BCUT2D eigenvalue weighted by Gasteiger charge is 2.34. The number of amides is 2. The summed E-state index contributed by atoms with van der Waals surface area (Å²) in [6, 6.07) is 15.7. The van der Waals surface area contributed by atoms with Crippen LogP contribution in [0, 0.1) is 18.8 Å². The average molecular weight is 640 g/mol. The third kappa shape index (κ3) is 7.51. The number of carbonyl (C=O) groups excluding carboxylic acids is 2. The molecule has 1 aliphatic heterocycles. The number of ether oxygens (including phenoxy) is 2. The zero-order chi connectivity index (χ0) is 32.3. The normalized spacial score (nSPS) is 24.6. The molecule has 250 valence electrons. The zero-order valence-electron chi connectivity index (χ0n) is 27.8. The van der Waals surface area contributed by atoms with Gasteiger partial charge in [-0.05, 0) is 118 Å². The van der Waals surface area contributed by atoms with Gasteiger partial charge in [-0.15, -0.1) is 0 Å². The van der Waals surface area contributed by atoms with Crippen LogP contribution in [0.1, 0.15) is 87.3 Å². The van der Waals surface area contributed by atoms with Crippen LogP contribution in [0.4, 0.5) is 10.5 Å². The molecule has 2 amide bonds.